The third-order valence-electron chi connectivity index (χ3n) is 4.62. The number of nitrogens with one attached hydrogen (secondary N) is 3. The Kier molecular flexibility index (Phi) is 6.35. The van der Waals surface area contributed by atoms with Crippen LogP contribution >= 0.6 is 0 Å². The normalized spacial score (nSPS) is 10.4. The Balaban J connectivity index is 1.55. The fraction of sp³-hybridized carbons (Fsp3) is 0.130. The molecular formula is C23H22N6O4. The van der Waals surface area contributed by atoms with E-state index < -0.39 is 6.03 Å². The van der Waals surface area contributed by atoms with E-state index >= 15 is 0 Å². The van der Waals surface area contributed by atoms with Crippen LogP contribution in [-0.4, -0.2) is 42.3 Å². The Hall–Kier alpha value is -4.60. The smallest absolute Gasteiger partial charge is 0.324 e. The lowest BCUT2D eigenvalue weighted by molar-refractivity contribution is 0.262. The Labute approximate surface area is 189 Å². The molecule has 4 rings (SSSR count). The molecule has 0 aliphatic heterocycles. The largest absolute Gasteiger partial charge is 0.493 e. The third kappa shape index (κ3) is 5.01. The molecule has 168 valence electrons. The molecule has 4 aromatic rings. The Bertz CT molecular complexity index is 1260. The molecule has 0 saturated heterocycles. The van der Waals surface area contributed by atoms with Gasteiger partial charge in [-0.25, -0.2) is 19.7 Å². The van der Waals surface area contributed by atoms with Crippen molar-refractivity contribution in [3.63, 3.8) is 0 Å². The molecule has 0 unspecified atom stereocenters. The van der Waals surface area contributed by atoms with Crippen LogP contribution in [0.4, 0.5) is 27.8 Å². The number of pyridine rings is 1. The van der Waals surface area contributed by atoms with Gasteiger partial charge in [-0.15, -0.1) is 0 Å². The van der Waals surface area contributed by atoms with Crippen molar-refractivity contribution in [1.82, 2.24) is 15.0 Å². The van der Waals surface area contributed by atoms with E-state index in [1.54, 1.807) is 63.9 Å². The highest BCUT2D eigenvalue weighted by atomic mass is 16.5. The molecule has 0 bridgehead atoms. The van der Waals surface area contributed by atoms with Gasteiger partial charge >= 0.3 is 6.03 Å². The Morgan fingerprint density at radius 3 is 2.15 bits per heavy atom. The molecule has 10 heteroatoms. The van der Waals surface area contributed by atoms with E-state index in [1.165, 1.54) is 0 Å². The average molecular weight is 446 g/mol. The van der Waals surface area contributed by atoms with Crippen LogP contribution in [0.25, 0.3) is 11.2 Å². The van der Waals surface area contributed by atoms with Crippen molar-refractivity contribution in [2.24, 2.45) is 0 Å². The first-order valence-corrected chi connectivity index (χ1v) is 9.93. The van der Waals surface area contributed by atoms with Crippen molar-refractivity contribution >= 4 is 40.2 Å². The quantitative estimate of drug-likeness (QED) is 0.381. The maximum Gasteiger partial charge on any atom is 0.324 e. The molecule has 0 fully saturated rings. The van der Waals surface area contributed by atoms with E-state index in [9.17, 15) is 4.79 Å². The molecule has 0 radical (unpaired) electrons. The molecule has 0 atom stereocenters. The van der Waals surface area contributed by atoms with Crippen LogP contribution in [-0.2, 0) is 0 Å². The van der Waals surface area contributed by atoms with Gasteiger partial charge in [0.05, 0.1) is 27.5 Å². The minimum absolute atomic E-state index is 0.343. The van der Waals surface area contributed by atoms with E-state index in [0.29, 0.717) is 51.4 Å². The van der Waals surface area contributed by atoms with Gasteiger partial charge in [0.25, 0.3) is 0 Å². The number of rotatable bonds is 7. The lowest BCUT2D eigenvalue weighted by Crippen LogP contribution is -2.20. The highest BCUT2D eigenvalue weighted by molar-refractivity contribution is 5.99. The number of hydrogen-bond donors (Lipinski definition) is 3. The van der Waals surface area contributed by atoms with Crippen LogP contribution in [0.1, 0.15) is 0 Å². The number of anilines is 4. The molecule has 33 heavy (non-hydrogen) atoms. The minimum atomic E-state index is -0.410. The molecule has 2 amide bonds. The Morgan fingerprint density at radius 2 is 1.48 bits per heavy atom. The zero-order valence-electron chi connectivity index (χ0n) is 18.2. The fourth-order valence-corrected chi connectivity index (χ4v) is 3.13. The number of para-hydroxylation sites is 1. The van der Waals surface area contributed by atoms with Gasteiger partial charge < -0.3 is 24.8 Å². The van der Waals surface area contributed by atoms with Gasteiger partial charge in [0.15, 0.2) is 23.0 Å². The molecule has 0 aliphatic rings. The van der Waals surface area contributed by atoms with Gasteiger partial charge in [-0.1, -0.05) is 18.2 Å². The van der Waals surface area contributed by atoms with Crippen molar-refractivity contribution in [2.45, 2.75) is 0 Å². The van der Waals surface area contributed by atoms with E-state index in [0.717, 1.165) is 0 Å². The predicted octanol–water partition coefficient (Wildman–Crippen LogP) is 4.44. The third-order valence-corrected chi connectivity index (χ3v) is 4.62. The fourth-order valence-electron chi connectivity index (χ4n) is 3.13. The monoisotopic (exact) mass is 446 g/mol. The highest BCUT2D eigenvalue weighted by Gasteiger charge is 2.14. The maximum absolute atomic E-state index is 12.3. The summed E-state index contributed by atoms with van der Waals surface area (Å²) < 4.78 is 16.1. The van der Waals surface area contributed by atoms with E-state index in [-0.39, 0.29) is 0 Å². The number of benzene rings is 2. The number of methoxy groups -OCH3 is 3. The van der Waals surface area contributed by atoms with Gasteiger partial charge in [-0.3, -0.25) is 5.32 Å². The maximum atomic E-state index is 12.3. The first-order chi connectivity index (χ1) is 16.1. The number of carbonyl (C=O) groups is 1. The predicted molar refractivity (Wildman–Crippen MR) is 126 cm³/mol. The summed E-state index contributed by atoms with van der Waals surface area (Å²) in [6, 6.07) is 15.6. The van der Waals surface area contributed by atoms with E-state index in [1.807, 2.05) is 18.2 Å². The second-order valence-corrected chi connectivity index (χ2v) is 6.78. The number of ether oxygens (including phenoxy) is 3. The van der Waals surface area contributed by atoms with Crippen LogP contribution in [0.2, 0.25) is 0 Å². The zero-order chi connectivity index (χ0) is 23.2. The van der Waals surface area contributed by atoms with E-state index in [2.05, 4.69) is 30.9 Å². The number of amides is 2. The number of carbonyl (C=O) groups excluding carboxylic acids is 1. The van der Waals surface area contributed by atoms with Crippen molar-refractivity contribution < 1.29 is 19.0 Å². The second kappa shape index (κ2) is 9.69. The average Bonchev–Trinajstić information content (AvgIpc) is 2.83. The molecule has 0 saturated carbocycles. The standard InChI is InChI=1S/C23H22N6O4/c1-31-17-11-15(12-18(32-2)21(17)33-3)25-20-13-24-16-9-10-19(27-22(16)28-20)29-23(30)26-14-7-5-4-6-8-14/h4-13H,1-3H3,(H3,25,26,27,28,29,30). The summed E-state index contributed by atoms with van der Waals surface area (Å²) in [5.41, 5.74) is 2.28. The lowest BCUT2D eigenvalue weighted by atomic mass is 10.2. The summed E-state index contributed by atoms with van der Waals surface area (Å²) in [5, 5.41) is 8.60. The summed E-state index contributed by atoms with van der Waals surface area (Å²) in [4.78, 5) is 25.5. The topological polar surface area (TPSA) is 120 Å². The summed E-state index contributed by atoms with van der Waals surface area (Å²) in [6.07, 6.45) is 1.59. The molecule has 2 aromatic carbocycles. The highest BCUT2D eigenvalue weighted by Crippen LogP contribution is 2.40. The molecular weight excluding hydrogens is 424 g/mol. The van der Waals surface area contributed by atoms with Gasteiger partial charge in [0.1, 0.15) is 11.3 Å². The van der Waals surface area contributed by atoms with Crippen molar-refractivity contribution in [2.75, 3.05) is 37.3 Å². The SMILES string of the molecule is COc1cc(Nc2cnc3ccc(NC(=O)Nc4ccccc4)nc3n2)cc(OC)c1OC. The van der Waals surface area contributed by atoms with Gasteiger partial charge in [0, 0.05) is 23.5 Å². The van der Waals surface area contributed by atoms with Gasteiger partial charge in [-0.05, 0) is 24.3 Å². The van der Waals surface area contributed by atoms with Crippen LogP contribution in [0.3, 0.4) is 0 Å². The molecule has 2 heterocycles. The second-order valence-electron chi connectivity index (χ2n) is 6.78. The molecule has 3 N–H and O–H groups in total. The van der Waals surface area contributed by atoms with Gasteiger partial charge in [-0.2, -0.15) is 0 Å². The van der Waals surface area contributed by atoms with Crippen LogP contribution in [0.15, 0.2) is 60.8 Å². The minimum Gasteiger partial charge on any atom is -0.493 e. The molecule has 0 aliphatic carbocycles. The van der Waals surface area contributed by atoms with Crippen LogP contribution in [0.5, 0.6) is 17.2 Å². The summed E-state index contributed by atoms with van der Waals surface area (Å²) in [7, 11) is 4.63. The van der Waals surface area contributed by atoms with E-state index in [4.69, 9.17) is 14.2 Å². The molecule has 10 nitrogen and oxygen atoms in total. The van der Waals surface area contributed by atoms with Crippen LogP contribution < -0.4 is 30.2 Å². The first-order valence-electron chi connectivity index (χ1n) is 9.93. The first kappa shape index (κ1) is 21.6. The number of urea groups is 1. The summed E-state index contributed by atoms with van der Waals surface area (Å²) >= 11 is 0. The van der Waals surface area contributed by atoms with Crippen LogP contribution in [0, 0.1) is 0 Å². The van der Waals surface area contributed by atoms with Gasteiger partial charge in [0.2, 0.25) is 5.75 Å². The number of hydrogen-bond acceptors (Lipinski definition) is 8. The van der Waals surface area contributed by atoms with Crippen molar-refractivity contribution in [3.8, 4) is 17.2 Å². The number of fused-ring (bicyclic) bond motifs is 1. The molecule has 2 aromatic heterocycles. The lowest BCUT2D eigenvalue weighted by Gasteiger charge is -2.15. The Morgan fingerprint density at radius 1 is 0.788 bits per heavy atom. The molecule has 0 spiro atoms. The number of nitrogens with zero attached hydrogens (tertiary/aromatic N) is 3. The number of aromatic nitrogens is 3. The summed E-state index contributed by atoms with van der Waals surface area (Å²) in [5.74, 6) is 2.29. The zero-order valence-corrected chi connectivity index (χ0v) is 18.2. The summed E-state index contributed by atoms with van der Waals surface area (Å²) in [6.45, 7) is 0. The van der Waals surface area contributed by atoms with Crippen molar-refractivity contribution in [3.05, 3.63) is 60.8 Å². The van der Waals surface area contributed by atoms with Crippen molar-refractivity contribution in [1.29, 1.82) is 0 Å².